The van der Waals surface area contributed by atoms with Gasteiger partial charge in [0.15, 0.2) is 0 Å². The van der Waals surface area contributed by atoms with Gasteiger partial charge in [0.1, 0.15) is 0 Å². The molecule has 3 nitrogen and oxygen atoms in total. The minimum absolute atomic E-state index is 0.560. The van der Waals surface area contributed by atoms with Crippen LogP contribution in [-0.4, -0.2) is 55.1 Å². The second kappa shape index (κ2) is 5.69. The van der Waals surface area contributed by atoms with E-state index in [0.717, 1.165) is 13.1 Å². The van der Waals surface area contributed by atoms with Crippen LogP contribution in [0.1, 0.15) is 26.7 Å². The molecule has 1 aliphatic rings. The molecule has 0 spiro atoms. The smallest absolute Gasteiger partial charge is 0.0345 e. The summed E-state index contributed by atoms with van der Waals surface area (Å²) in [5, 5.41) is 0. The van der Waals surface area contributed by atoms with Crippen molar-refractivity contribution in [2.45, 2.75) is 38.8 Å². The van der Waals surface area contributed by atoms with Crippen LogP contribution in [0.4, 0.5) is 0 Å². The van der Waals surface area contributed by atoms with Gasteiger partial charge < -0.3 is 10.6 Å². The van der Waals surface area contributed by atoms with Gasteiger partial charge in [-0.2, -0.15) is 0 Å². The lowest BCUT2D eigenvalue weighted by atomic mass is 10.2. The molecule has 3 heteroatoms. The van der Waals surface area contributed by atoms with E-state index in [2.05, 4.69) is 30.7 Å². The molecule has 0 saturated carbocycles. The highest BCUT2D eigenvalue weighted by atomic mass is 15.2. The van der Waals surface area contributed by atoms with E-state index < -0.39 is 0 Å². The lowest BCUT2D eigenvalue weighted by Crippen LogP contribution is -2.45. The normalized spacial score (nSPS) is 31.7. The Bertz CT molecular complexity index is 161. The third-order valence-corrected chi connectivity index (χ3v) is 3.38. The molecule has 2 N–H and O–H groups in total. The van der Waals surface area contributed by atoms with Crippen LogP contribution in [0.2, 0.25) is 0 Å². The monoisotopic (exact) mass is 199 g/mol. The maximum absolute atomic E-state index is 5.83. The Morgan fingerprint density at radius 3 is 2.71 bits per heavy atom. The number of nitrogens with two attached hydrogens (primary N) is 1. The molecule has 84 valence electrons. The number of hydrogen-bond donors (Lipinski definition) is 1. The standard InChI is InChI=1S/C11H25N3/c1-4-6-14-7-5-10(2)13(3)9-11(14)8-12/h10-11H,4-9,12H2,1-3H3. The number of rotatable bonds is 3. The van der Waals surface area contributed by atoms with Crippen molar-refractivity contribution in [3.05, 3.63) is 0 Å². The van der Waals surface area contributed by atoms with Crippen molar-refractivity contribution >= 4 is 0 Å². The highest BCUT2D eigenvalue weighted by Gasteiger charge is 2.24. The van der Waals surface area contributed by atoms with Crippen molar-refractivity contribution in [1.29, 1.82) is 0 Å². The Morgan fingerprint density at radius 1 is 1.43 bits per heavy atom. The lowest BCUT2D eigenvalue weighted by molar-refractivity contribution is 0.187. The maximum atomic E-state index is 5.83. The molecule has 2 unspecified atom stereocenters. The molecule has 1 fully saturated rings. The summed E-state index contributed by atoms with van der Waals surface area (Å²) in [7, 11) is 2.21. The molecule has 0 bridgehead atoms. The number of likely N-dealkylation sites (N-methyl/N-ethyl adjacent to an activating group) is 1. The van der Waals surface area contributed by atoms with E-state index in [4.69, 9.17) is 5.73 Å². The summed E-state index contributed by atoms with van der Waals surface area (Å²) in [6.45, 7) is 8.87. The van der Waals surface area contributed by atoms with Gasteiger partial charge in [-0.25, -0.2) is 0 Å². The van der Waals surface area contributed by atoms with E-state index in [1.165, 1.54) is 25.9 Å². The van der Waals surface area contributed by atoms with Crippen molar-refractivity contribution in [2.24, 2.45) is 5.73 Å². The van der Waals surface area contributed by atoms with Crippen molar-refractivity contribution in [3.8, 4) is 0 Å². The highest BCUT2D eigenvalue weighted by Crippen LogP contribution is 2.13. The molecule has 1 aliphatic heterocycles. The Labute approximate surface area is 88.2 Å². The molecule has 0 amide bonds. The molecule has 0 radical (unpaired) electrons. The van der Waals surface area contributed by atoms with Crippen molar-refractivity contribution in [1.82, 2.24) is 9.80 Å². The first-order valence-corrected chi connectivity index (χ1v) is 5.83. The van der Waals surface area contributed by atoms with Gasteiger partial charge in [-0.15, -0.1) is 0 Å². The number of nitrogens with zero attached hydrogens (tertiary/aromatic N) is 2. The summed E-state index contributed by atoms with van der Waals surface area (Å²) in [5.74, 6) is 0. The van der Waals surface area contributed by atoms with Gasteiger partial charge in [0.2, 0.25) is 0 Å². The van der Waals surface area contributed by atoms with Crippen LogP contribution in [0.5, 0.6) is 0 Å². The minimum Gasteiger partial charge on any atom is -0.329 e. The lowest BCUT2D eigenvalue weighted by Gasteiger charge is -2.29. The van der Waals surface area contributed by atoms with E-state index >= 15 is 0 Å². The summed E-state index contributed by atoms with van der Waals surface area (Å²) in [5.41, 5.74) is 5.83. The minimum atomic E-state index is 0.560. The third-order valence-electron chi connectivity index (χ3n) is 3.38. The zero-order valence-corrected chi connectivity index (χ0v) is 9.87. The van der Waals surface area contributed by atoms with Gasteiger partial charge in [0, 0.05) is 31.7 Å². The largest absolute Gasteiger partial charge is 0.329 e. The molecule has 0 aromatic heterocycles. The maximum Gasteiger partial charge on any atom is 0.0345 e. The molecule has 0 aromatic rings. The van der Waals surface area contributed by atoms with Crippen LogP contribution in [0.15, 0.2) is 0 Å². The highest BCUT2D eigenvalue weighted by molar-refractivity contribution is 4.82. The first-order valence-electron chi connectivity index (χ1n) is 5.83. The van der Waals surface area contributed by atoms with Gasteiger partial charge in [-0.3, -0.25) is 4.90 Å². The van der Waals surface area contributed by atoms with Crippen molar-refractivity contribution in [3.63, 3.8) is 0 Å². The van der Waals surface area contributed by atoms with E-state index in [9.17, 15) is 0 Å². The summed E-state index contributed by atoms with van der Waals surface area (Å²) in [6, 6.07) is 1.26. The quantitative estimate of drug-likeness (QED) is 0.728. The van der Waals surface area contributed by atoms with Crippen LogP contribution in [0.25, 0.3) is 0 Å². The van der Waals surface area contributed by atoms with Crippen LogP contribution in [0.3, 0.4) is 0 Å². The van der Waals surface area contributed by atoms with E-state index in [0.29, 0.717) is 12.1 Å². The molecule has 2 atom stereocenters. The van der Waals surface area contributed by atoms with Gasteiger partial charge in [0.25, 0.3) is 0 Å². The summed E-state index contributed by atoms with van der Waals surface area (Å²) in [4.78, 5) is 4.99. The second-order valence-corrected chi connectivity index (χ2v) is 4.50. The Morgan fingerprint density at radius 2 is 2.14 bits per heavy atom. The zero-order valence-electron chi connectivity index (χ0n) is 9.87. The zero-order chi connectivity index (χ0) is 10.6. The molecule has 14 heavy (non-hydrogen) atoms. The molecule has 1 heterocycles. The van der Waals surface area contributed by atoms with Crippen molar-refractivity contribution in [2.75, 3.05) is 33.2 Å². The summed E-state index contributed by atoms with van der Waals surface area (Å²) >= 11 is 0. The van der Waals surface area contributed by atoms with E-state index in [1.54, 1.807) is 0 Å². The number of hydrogen-bond acceptors (Lipinski definition) is 3. The Balaban J connectivity index is 2.57. The summed E-state index contributed by atoms with van der Waals surface area (Å²) < 4.78 is 0. The fraction of sp³-hybridized carbons (Fsp3) is 1.00. The van der Waals surface area contributed by atoms with Crippen LogP contribution >= 0.6 is 0 Å². The van der Waals surface area contributed by atoms with Crippen LogP contribution in [-0.2, 0) is 0 Å². The fourth-order valence-corrected chi connectivity index (χ4v) is 2.19. The summed E-state index contributed by atoms with van der Waals surface area (Å²) in [6.07, 6.45) is 2.50. The van der Waals surface area contributed by atoms with Crippen LogP contribution in [0, 0.1) is 0 Å². The first kappa shape index (κ1) is 12.0. The molecular formula is C11H25N3. The van der Waals surface area contributed by atoms with E-state index in [-0.39, 0.29) is 0 Å². The fourth-order valence-electron chi connectivity index (χ4n) is 2.19. The van der Waals surface area contributed by atoms with Gasteiger partial charge in [-0.05, 0) is 33.4 Å². The van der Waals surface area contributed by atoms with Crippen LogP contribution < -0.4 is 5.73 Å². The Kier molecular flexibility index (Phi) is 4.85. The van der Waals surface area contributed by atoms with Crippen molar-refractivity contribution < 1.29 is 0 Å². The average Bonchev–Trinajstić information content (AvgIpc) is 2.31. The van der Waals surface area contributed by atoms with E-state index in [1.807, 2.05) is 0 Å². The molecule has 0 aromatic carbocycles. The predicted octanol–water partition coefficient (Wildman–Crippen LogP) is 0.750. The second-order valence-electron chi connectivity index (χ2n) is 4.50. The SMILES string of the molecule is CCCN1CCC(C)N(C)CC1CN. The Hall–Kier alpha value is -0.120. The molecule has 1 saturated heterocycles. The van der Waals surface area contributed by atoms with Gasteiger partial charge in [0.05, 0.1) is 0 Å². The van der Waals surface area contributed by atoms with Gasteiger partial charge >= 0.3 is 0 Å². The average molecular weight is 199 g/mol. The molecule has 0 aliphatic carbocycles. The predicted molar refractivity (Wildman–Crippen MR) is 61.4 cm³/mol. The van der Waals surface area contributed by atoms with Gasteiger partial charge in [-0.1, -0.05) is 6.92 Å². The third kappa shape index (κ3) is 2.94. The topological polar surface area (TPSA) is 32.5 Å². The molecular weight excluding hydrogens is 174 g/mol. The molecule has 1 rings (SSSR count). The first-order chi connectivity index (χ1) is 6.69.